The van der Waals surface area contributed by atoms with E-state index in [0.717, 1.165) is 36.3 Å². The Kier molecular flexibility index (Phi) is 4.53. The van der Waals surface area contributed by atoms with Crippen molar-refractivity contribution in [3.8, 4) is 0 Å². The van der Waals surface area contributed by atoms with Crippen LogP contribution in [0.4, 0.5) is 18.9 Å². The normalized spacial score (nSPS) is 30.5. The third kappa shape index (κ3) is 3.49. The van der Waals surface area contributed by atoms with Crippen molar-refractivity contribution in [2.45, 2.75) is 51.2 Å². The minimum absolute atomic E-state index is 0.0318. The first-order chi connectivity index (χ1) is 13.8. The molecule has 1 amide bonds. The summed E-state index contributed by atoms with van der Waals surface area (Å²) in [6.07, 6.45) is 1.95. The number of halogens is 3. The van der Waals surface area contributed by atoms with Crippen molar-refractivity contribution in [2.75, 3.05) is 4.90 Å². The summed E-state index contributed by atoms with van der Waals surface area (Å²) < 4.78 is 40.0. The molecule has 6 heteroatoms. The number of alkyl halides is 3. The van der Waals surface area contributed by atoms with Crippen LogP contribution >= 0.6 is 11.3 Å². The Morgan fingerprint density at radius 3 is 2.24 bits per heavy atom. The van der Waals surface area contributed by atoms with Crippen LogP contribution in [-0.2, 0) is 17.5 Å². The number of rotatable bonds is 4. The molecule has 4 bridgehead atoms. The van der Waals surface area contributed by atoms with Crippen molar-refractivity contribution in [2.24, 2.45) is 23.2 Å². The number of carbonyl (C=O) groups excluding carboxylic acids is 1. The van der Waals surface area contributed by atoms with Crippen LogP contribution in [0.3, 0.4) is 0 Å². The van der Waals surface area contributed by atoms with Gasteiger partial charge < -0.3 is 4.90 Å². The number of benzene rings is 1. The quantitative estimate of drug-likeness (QED) is 0.553. The average molecular weight is 420 g/mol. The number of hydrogen-bond donors (Lipinski definition) is 0. The second kappa shape index (κ2) is 6.86. The highest BCUT2D eigenvalue weighted by molar-refractivity contribution is 7.09. The van der Waals surface area contributed by atoms with Crippen molar-refractivity contribution in [1.29, 1.82) is 0 Å². The SMILES string of the molecule is O=C(N(Cc1cccs1)c1cccc(C(F)(F)F)c1)C12CC3CC(CC(C3)C1)C2. The fourth-order valence-corrected chi connectivity index (χ4v) is 7.04. The Balaban J connectivity index is 1.52. The first kappa shape index (κ1) is 19.2. The van der Waals surface area contributed by atoms with Gasteiger partial charge in [0.25, 0.3) is 0 Å². The van der Waals surface area contributed by atoms with E-state index in [-0.39, 0.29) is 11.3 Å². The Morgan fingerprint density at radius 1 is 1.03 bits per heavy atom. The van der Waals surface area contributed by atoms with Crippen LogP contribution in [-0.4, -0.2) is 5.91 Å². The second-order valence-electron chi connectivity index (χ2n) is 9.22. The summed E-state index contributed by atoms with van der Waals surface area (Å²) in [5.74, 6) is 1.85. The maximum Gasteiger partial charge on any atom is 0.416 e. The van der Waals surface area contributed by atoms with Crippen molar-refractivity contribution < 1.29 is 18.0 Å². The van der Waals surface area contributed by atoms with Gasteiger partial charge in [-0.1, -0.05) is 12.1 Å². The number of amides is 1. The van der Waals surface area contributed by atoms with Crippen molar-refractivity contribution in [1.82, 2.24) is 0 Å². The van der Waals surface area contributed by atoms with Gasteiger partial charge in [0.05, 0.1) is 17.5 Å². The van der Waals surface area contributed by atoms with Crippen LogP contribution in [0.2, 0.25) is 0 Å². The zero-order chi connectivity index (χ0) is 20.2. The lowest BCUT2D eigenvalue weighted by Crippen LogP contribution is -2.54. The van der Waals surface area contributed by atoms with E-state index < -0.39 is 11.7 Å². The number of nitrogens with zero attached hydrogens (tertiary/aromatic N) is 1. The molecule has 4 fully saturated rings. The maximum absolute atomic E-state index is 13.9. The standard InChI is InChI=1S/C23H24F3NOS/c24-23(25,26)18-3-1-4-19(10-18)27(14-20-5-2-6-29-20)21(28)22-11-15-7-16(12-22)9-17(8-15)13-22/h1-6,10,15-17H,7-9,11-14H2. The molecule has 4 aliphatic carbocycles. The summed E-state index contributed by atoms with van der Waals surface area (Å²) in [7, 11) is 0. The van der Waals surface area contributed by atoms with Gasteiger partial charge in [0.2, 0.25) is 5.91 Å². The zero-order valence-corrected chi connectivity index (χ0v) is 16.9. The molecule has 154 valence electrons. The molecule has 2 nitrogen and oxygen atoms in total. The van der Waals surface area contributed by atoms with Crippen molar-refractivity contribution >= 4 is 22.9 Å². The summed E-state index contributed by atoms with van der Waals surface area (Å²) in [6, 6.07) is 9.11. The highest BCUT2D eigenvalue weighted by atomic mass is 32.1. The Morgan fingerprint density at radius 2 is 1.69 bits per heavy atom. The molecule has 0 saturated heterocycles. The monoisotopic (exact) mass is 419 g/mol. The van der Waals surface area contributed by atoms with Gasteiger partial charge in [0.1, 0.15) is 0 Å². The summed E-state index contributed by atoms with van der Waals surface area (Å²) in [5, 5.41) is 1.94. The minimum Gasteiger partial charge on any atom is -0.307 e. The van der Waals surface area contributed by atoms with Gasteiger partial charge in [-0.2, -0.15) is 13.2 Å². The molecule has 1 heterocycles. The predicted molar refractivity (Wildman–Crippen MR) is 108 cm³/mol. The number of thiophene rings is 1. The van der Waals surface area contributed by atoms with E-state index in [1.54, 1.807) is 11.0 Å². The van der Waals surface area contributed by atoms with Gasteiger partial charge >= 0.3 is 6.18 Å². The molecule has 0 aliphatic heterocycles. The largest absolute Gasteiger partial charge is 0.416 e. The van der Waals surface area contributed by atoms with Crippen LogP contribution in [0.15, 0.2) is 41.8 Å². The van der Waals surface area contributed by atoms with Crippen LogP contribution in [0.25, 0.3) is 0 Å². The molecule has 0 spiro atoms. The molecule has 4 aliphatic rings. The van der Waals surface area contributed by atoms with Crippen molar-refractivity contribution in [3.63, 3.8) is 0 Å². The summed E-state index contributed by atoms with van der Waals surface area (Å²) in [4.78, 5) is 16.6. The van der Waals surface area contributed by atoms with Crippen LogP contribution < -0.4 is 4.90 Å². The topological polar surface area (TPSA) is 20.3 Å². The van der Waals surface area contributed by atoms with E-state index in [1.807, 2.05) is 17.5 Å². The van der Waals surface area contributed by atoms with Gasteiger partial charge in [-0.15, -0.1) is 11.3 Å². The number of hydrogen-bond acceptors (Lipinski definition) is 2. The molecule has 0 atom stereocenters. The Bertz CT molecular complexity index is 870. The molecule has 0 radical (unpaired) electrons. The molecule has 2 aromatic rings. The van der Waals surface area contributed by atoms with Gasteiger partial charge in [-0.3, -0.25) is 4.79 Å². The van der Waals surface area contributed by atoms with Gasteiger partial charge in [-0.05, 0) is 85.9 Å². The van der Waals surface area contributed by atoms with Crippen LogP contribution in [0.1, 0.15) is 49.0 Å². The van der Waals surface area contributed by atoms with E-state index in [9.17, 15) is 18.0 Å². The van der Waals surface area contributed by atoms with E-state index in [2.05, 4.69) is 0 Å². The van der Waals surface area contributed by atoms with E-state index >= 15 is 0 Å². The van der Waals surface area contributed by atoms with Crippen LogP contribution in [0.5, 0.6) is 0 Å². The summed E-state index contributed by atoms with van der Waals surface area (Å²) >= 11 is 1.53. The fraction of sp³-hybridized carbons (Fsp3) is 0.522. The molecule has 1 aromatic carbocycles. The van der Waals surface area contributed by atoms with Gasteiger partial charge in [0, 0.05) is 10.6 Å². The average Bonchev–Trinajstić information content (AvgIpc) is 3.17. The molecule has 4 saturated carbocycles. The van der Waals surface area contributed by atoms with Gasteiger partial charge in [-0.25, -0.2) is 0 Å². The first-order valence-corrected chi connectivity index (χ1v) is 11.2. The van der Waals surface area contributed by atoms with E-state index in [1.165, 1.54) is 36.7 Å². The molecule has 6 rings (SSSR count). The van der Waals surface area contributed by atoms with Gasteiger partial charge in [0.15, 0.2) is 0 Å². The molecular weight excluding hydrogens is 395 g/mol. The number of carbonyl (C=O) groups is 1. The van der Waals surface area contributed by atoms with Crippen LogP contribution in [0, 0.1) is 23.2 Å². The summed E-state index contributed by atoms with van der Waals surface area (Å²) in [5.41, 5.74) is -0.737. The Hall–Kier alpha value is -1.82. The number of anilines is 1. The minimum atomic E-state index is -4.42. The molecule has 29 heavy (non-hydrogen) atoms. The second-order valence-corrected chi connectivity index (χ2v) is 10.2. The van der Waals surface area contributed by atoms with E-state index in [0.29, 0.717) is 30.0 Å². The Labute approximate surface area is 172 Å². The lowest BCUT2D eigenvalue weighted by atomic mass is 9.49. The summed E-state index contributed by atoms with van der Waals surface area (Å²) in [6.45, 7) is 0.333. The smallest absolute Gasteiger partial charge is 0.307 e. The predicted octanol–water partition coefficient (Wildman–Crippen LogP) is 6.52. The first-order valence-electron chi connectivity index (χ1n) is 10.3. The molecule has 0 N–H and O–H groups in total. The third-order valence-corrected chi connectivity index (χ3v) is 7.98. The highest BCUT2D eigenvalue weighted by Gasteiger charge is 2.55. The maximum atomic E-state index is 13.9. The zero-order valence-electron chi connectivity index (χ0n) is 16.1. The van der Waals surface area contributed by atoms with E-state index in [4.69, 9.17) is 0 Å². The molecular formula is C23H24F3NOS. The fourth-order valence-electron chi connectivity index (χ4n) is 6.35. The molecule has 1 aromatic heterocycles. The van der Waals surface area contributed by atoms with Crippen molar-refractivity contribution in [3.05, 3.63) is 52.2 Å². The lowest BCUT2D eigenvalue weighted by Gasteiger charge is -2.56. The molecule has 0 unspecified atom stereocenters. The lowest BCUT2D eigenvalue weighted by molar-refractivity contribution is -0.143. The third-order valence-electron chi connectivity index (χ3n) is 7.12. The highest BCUT2D eigenvalue weighted by Crippen LogP contribution is 2.60.